The van der Waals surface area contributed by atoms with Crippen molar-refractivity contribution in [3.63, 3.8) is 0 Å². The molecule has 0 fully saturated rings. The minimum Gasteiger partial charge on any atom is -0.350 e. The highest BCUT2D eigenvalue weighted by Crippen LogP contribution is 2.34. The van der Waals surface area contributed by atoms with Gasteiger partial charge in [-0.2, -0.15) is 0 Å². The van der Waals surface area contributed by atoms with E-state index in [0.717, 1.165) is 38.6 Å². The number of urea groups is 1. The summed E-state index contributed by atoms with van der Waals surface area (Å²) in [4.78, 5) is 32.2. The van der Waals surface area contributed by atoms with Gasteiger partial charge in [0.25, 0.3) is 0 Å². The second kappa shape index (κ2) is 9.70. The molecule has 0 radical (unpaired) electrons. The quantitative estimate of drug-likeness (QED) is 0.436. The molecule has 2 N–H and O–H groups in total. The molecule has 4 aromatic rings. The minimum atomic E-state index is -0.705. The number of terminal acetylenes is 1. The maximum Gasteiger partial charge on any atom is 0.318 e. The lowest BCUT2D eigenvalue weighted by Gasteiger charge is -2.25. The summed E-state index contributed by atoms with van der Waals surface area (Å²) in [6, 6.07) is 22.2. The number of nitrogens with one attached hydrogen (secondary N) is 2. The first kappa shape index (κ1) is 22.2. The number of amides is 3. The first-order valence-corrected chi connectivity index (χ1v) is 11.4. The van der Waals surface area contributed by atoms with Gasteiger partial charge in [0.1, 0.15) is 6.04 Å². The molecule has 5 rings (SSSR count). The Kier molecular flexibility index (Phi) is 6.15. The van der Waals surface area contributed by atoms with Gasteiger partial charge in [-0.25, -0.2) is 4.79 Å². The maximum atomic E-state index is 13.3. The van der Waals surface area contributed by atoms with Gasteiger partial charge in [-0.15, -0.1) is 6.42 Å². The molecule has 2 heterocycles. The van der Waals surface area contributed by atoms with Gasteiger partial charge in [0, 0.05) is 37.6 Å². The van der Waals surface area contributed by atoms with Crippen LogP contribution in [0.1, 0.15) is 33.9 Å². The highest BCUT2D eigenvalue weighted by Gasteiger charge is 2.38. The predicted molar refractivity (Wildman–Crippen MR) is 135 cm³/mol. The van der Waals surface area contributed by atoms with Crippen molar-refractivity contribution in [2.75, 3.05) is 0 Å². The summed E-state index contributed by atoms with van der Waals surface area (Å²) in [5.74, 6) is 2.44. The number of nitrogens with zero attached hydrogens (tertiary/aromatic N) is 2. The Morgan fingerprint density at radius 3 is 2.71 bits per heavy atom. The normalized spacial score (nSPS) is 14.3. The standard InChI is InChI=1S/C29H24N4O2/c1-2-20-12-13-22-9-5-10-23(26(22)15-20)18-32-29(35)33-19-24-8-3-4-11-25(24)27(33)28(34)31-17-21-7-6-14-30-16-21/h1,3-16,27H,17-19H2,(H,31,34)(H,32,35)/t27-/m0/s1. The van der Waals surface area contributed by atoms with E-state index >= 15 is 0 Å². The molecular formula is C29H24N4O2. The van der Waals surface area contributed by atoms with Crippen molar-refractivity contribution in [3.8, 4) is 12.3 Å². The molecule has 172 valence electrons. The van der Waals surface area contributed by atoms with Crippen molar-refractivity contribution in [3.05, 3.63) is 113 Å². The number of aromatic nitrogens is 1. The number of hydrogen-bond donors (Lipinski definition) is 2. The number of pyridine rings is 1. The highest BCUT2D eigenvalue weighted by molar-refractivity contribution is 5.90. The zero-order chi connectivity index (χ0) is 24.2. The summed E-state index contributed by atoms with van der Waals surface area (Å²) in [7, 11) is 0. The lowest BCUT2D eigenvalue weighted by Crippen LogP contribution is -2.44. The number of benzene rings is 3. The molecule has 3 amide bonds. The average molecular weight is 461 g/mol. The van der Waals surface area contributed by atoms with Crippen molar-refractivity contribution in [1.29, 1.82) is 0 Å². The Morgan fingerprint density at radius 1 is 1.00 bits per heavy atom. The molecule has 6 heteroatoms. The minimum absolute atomic E-state index is 0.224. The van der Waals surface area contributed by atoms with E-state index in [0.29, 0.717) is 19.6 Å². The summed E-state index contributed by atoms with van der Waals surface area (Å²) in [6.07, 6.45) is 8.98. The Hall–Kier alpha value is -4.63. The largest absolute Gasteiger partial charge is 0.350 e. The molecule has 0 bridgehead atoms. The third-order valence-electron chi connectivity index (χ3n) is 6.27. The topological polar surface area (TPSA) is 74.3 Å². The molecule has 0 aliphatic carbocycles. The molecular weight excluding hydrogens is 436 g/mol. The molecule has 3 aromatic carbocycles. The number of rotatable bonds is 5. The van der Waals surface area contributed by atoms with Gasteiger partial charge in [0.05, 0.1) is 0 Å². The first-order valence-electron chi connectivity index (χ1n) is 11.4. The molecule has 35 heavy (non-hydrogen) atoms. The van der Waals surface area contributed by atoms with Crippen LogP contribution >= 0.6 is 0 Å². The second-order valence-corrected chi connectivity index (χ2v) is 8.46. The van der Waals surface area contributed by atoms with E-state index in [4.69, 9.17) is 6.42 Å². The van der Waals surface area contributed by atoms with Crippen LogP contribution in [0.3, 0.4) is 0 Å². The van der Waals surface area contributed by atoms with Gasteiger partial charge >= 0.3 is 6.03 Å². The summed E-state index contributed by atoms with van der Waals surface area (Å²) in [5, 5.41) is 8.02. The molecule has 6 nitrogen and oxygen atoms in total. The van der Waals surface area contributed by atoms with Crippen molar-refractivity contribution < 1.29 is 9.59 Å². The van der Waals surface area contributed by atoms with Crippen molar-refractivity contribution in [2.45, 2.75) is 25.7 Å². The van der Waals surface area contributed by atoms with Crippen molar-refractivity contribution in [2.24, 2.45) is 0 Å². The smallest absolute Gasteiger partial charge is 0.318 e. The van der Waals surface area contributed by atoms with E-state index in [-0.39, 0.29) is 11.9 Å². The van der Waals surface area contributed by atoms with E-state index in [1.54, 1.807) is 17.3 Å². The van der Waals surface area contributed by atoms with Gasteiger partial charge in [0.15, 0.2) is 0 Å². The Morgan fingerprint density at radius 2 is 1.89 bits per heavy atom. The fraction of sp³-hybridized carbons (Fsp3) is 0.138. The first-order chi connectivity index (χ1) is 17.1. The van der Waals surface area contributed by atoms with E-state index in [1.807, 2.05) is 72.8 Å². The molecule has 0 saturated heterocycles. The Balaban J connectivity index is 1.34. The second-order valence-electron chi connectivity index (χ2n) is 8.46. The van der Waals surface area contributed by atoms with Crippen LogP contribution in [-0.4, -0.2) is 21.8 Å². The van der Waals surface area contributed by atoms with Gasteiger partial charge in [-0.05, 0) is 51.2 Å². The van der Waals surface area contributed by atoms with Crippen LogP contribution in [0.5, 0.6) is 0 Å². The molecule has 1 aliphatic rings. The van der Waals surface area contributed by atoms with E-state index in [9.17, 15) is 9.59 Å². The lowest BCUT2D eigenvalue weighted by atomic mass is 10.0. The van der Waals surface area contributed by atoms with Crippen LogP contribution in [0.4, 0.5) is 4.79 Å². The Bertz CT molecular complexity index is 1440. The predicted octanol–water partition coefficient (Wildman–Crippen LogP) is 4.30. The highest BCUT2D eigenvalue weighted by atomic mass is 16.2. The van der Waals surface area contributed by atoms with E-state index in [1.165, 1.54) is 0 Å². The third kappa shape index (κ3) is 4.57. The zero-order valence-electron chi connectivity index (χ0n) is 19.1. The fourth-order valence-corrected chi connectivity index (χ4v) is 4.50. The number of hydrogen-bond acceptors (Lipinski definition) is 3. The SMILES string of the molecule is C#Cc1ccc2cccc(CNC(=O)N3Cc4ccccc4[C@H]3C(=O)NCc3cccnc3)c2c1. The van der Waals surface area contributed by atoms with Crippen LogP contribution in [0.15, 0.2) is 85.2 Å². The van der Waals surface area contributed by atoms with Crippen LogP contribution in [0.25, 0.3) is 10.8 Å². The maximum absolute atomic E-state index is 13.3. The van der Waals surface area contributed by atoms with Crippen LogP contribution in [-0.2, 0) is 24.4 Å². The molecule has 0 spiro atoms. The van der Waals surface area contributed by atoms with Gasteiger partial charge < -0.3 is 15.5 Å². The zero-order valence-corrected chi connectivity index (χ0v) is 19.1. The molecule has 1 aromatic heterocycles. The van der Waals surface area contributed by atoms with Gasteiger partial charge in [-0.3, -0.25) is 9.78 Å². The molecule has 1 atom stereocenters. The molecule has 0 unspecified atom stereocenters. The van der Waals surface area contributed by atoms with Crippen LogP contribution in [0.2, 0.25) is 0 Å². The number of fused-ring (bicyclic) bond motifs is 2. The lowest BCUT2D eigenvalue weighted by molar-refractivity contribution is -0.125. The summed E-state index contributed by atoms with van der Waals surface area (Å²) >= 11 is 0. The number of carbonyl (C=O) groups is 2. The van der Waals surface area contributed by atoms with Crippen molar-refractivity contribution in [1.82, 2.24) is 20.5 Å². The van der Waals surface area contributed by atoms with E-state index in [2.05, 4.69) is 21.5 Å². The van der Waals surface area contributed by atoms with Gasteiger partial charge in [-0.1, -0.05) is 60.5 Å². The van der Waals surface area contributed by atoms with Crippen LogP contribution < -0.4 is 10.6 Å². The average Bonchev–Trinajstić information content (AvgIpc) is 3.30. The Labute approximate surface area is 204 Å². The van der Waals surface area contributed by atoms with Crippen molar-refractivity contribution >= 4 is 22.7 Å². The summed E-state index contributed by atoms with van der Waals surface area (Å²) in [6.45, 7) is 1.03. The fourth-order valence-electron chi connectivity index (χ4n) is 4.50. The third-order valence-corrected chi connectivity index (χ3v) is 6.27. The summed E-state index contributed by atoms with van der Waals surface area (Å²) < 4.78 is 0. The van der Waals surface area contributed by atoms with Crippen LogP contribution in [0, 0.1) is 12.3 Å². The van der Waals surface area contributed by atoms with Gasteiger partial charge in [0.2, 0.25) is 5.91 Å². The van der Waals surface area contributed by atoms with E-state index < -0.39 is 6.04 Å². The summed E-state index contributed by atoms with van der Waals surface area (Å²) in [5.41, 5.74) is 4.45. The number of carbonyl (C=O) groups excluding carboxylic acids is 2. The molecule has 1 aliphatic heterocycles. The molecule has 0 saturated carbocycles. The monoisotopic (exact) mass is 460 g/mol.